The Morgan fingerprint density at radius 2 is 1.74 bits per heavy atom. The summed E-state index contributed by atoms with van der Waals surface area (Å²) in [5, 5.41) is 5.73. The Hall–Kier alpha value is -4.42. The van der Waals surface area contributed by atoms with Crippen LogP contribution in [-0.2, 0) is 12.7 Å². The van der Waals surface area contributed by atoms with Crippen molar-refractivity contribution in [3.05, 3.63) is 89.6 Å². The van der Waals surface area contributed by atoms with Crippen LogP contribution in [0.4, 0.5) is 30.5 Å². The maximum atomic E-state index is 14.0. The van der Waals surface area contributed by atoms with Crippen LogP contribution in [0.2, 0.25) is 0 Å². The molecular weight excluding hydrogens is 545 g/mol. The van der Waals surface area contributed by atoms with Gasteiger partial charge >= 0.3 is 6.18 Å². The third kappa shape index (κ3) is 8.30. The SMILES string of the molecule is Cc1ccc(C(=O)Nc2ccc(CN(C)CCCN(C)C)c(C(F)(F)F)c2)cc1Nc1nccc(-c2cncnc2)n1. The predicted octanol–water partition coefficient (Wildman–Crippen LogP) is 5.64. The minimum absolute atomic E-state index is 0.0579. The van der Waals surface area contributed by atoms with Crippen LogP contribution < -0.4 is 10.6 Å². The van der Waals surface area contributed by atoms with Crippen molar-refractivity contribution in [2.24, 2.45) is 0 Å². The van der Waals surface area contributed by atoms with Gasteiger partial charge in [0.1, 0.15) is 6.33 Å². The van der Waals surface area contributed by atoms with E-state index in [9.17, 15) is 18.0 Å². The smallest absolute Gasteiger partial charge is 0.324 e. The molecule has 12 heteroatoms. The first-order chi connectivity index (χ1) is 20.0. The van der Waals surface area contributed by atoms with Crippen LogP contribution in [0.1, 0.15) is 33.5 Å². The number of carbonyl (C=O) groups excluding carboxylic acids is 1. The molecule has 0 bridgehead atoms. The molecule has 2 aromatic heterocycles. The van der Waals surface area contributed by atoms with E-state index in [-0.39, 0.29) is 23.4 Å². The molecule has 220 valence electrons. The molecule has 0 spiro atoms. The zero-order chi connectivity index (χ0) is 30.3. The molecule has 0 radical (unpaired) electrons. The lowest BCUT2D eigenvalue weighted by Crippen LogP contribution is -2.25. The number of anilines is 3. The fraction of sp³-hybridized carbons (Fsp3) is 0.300. The number of halogens is 3. The van der Waals surface area contributed by atoms with Crippen molar-refractivity contribution in [3.8, 4) is 11.3 Å². The maximum Gasteiger partial charge on any atom is 0.416 e. The highest BCUT2D eigenvalue weighted by atomic mass is 19.4. The monoisotopic (exact) mass is 578 g/mol. The normalized spacial score (nSPS) is 11.6. The molecule has 0 atom stereocenters. The van der Waals surface area contributed by atoms with E-state index >= 15 is 0 Å². The summed E-state index contributed by atoms with van der Waals surface area (Å²) in [6, 6.07) is 10.6. The fourth-order valence-corrected chi connectivity index (χ4v) is 4.32. The fourth-order valence-electron chi connectivity index (χ4n) is 4.32. The van der Waals surface area contributed by atoms with Crippen LogP contribution in [0.5, 0.6) is 0 Å². The molecule has 0 aliphatic carbocycles. The van der Waals surface area contributed by atoms with Gasteiger partial charge in [-0.3, -0.25) is 4.79 Å². The molecular formula is C30H33F3N8O. The Labute approximate surface area is 242 Å². The lowest BCUT2D eigenvalue weighted by atomic mass is 10.0. The topological polar surface area (TPSA) is 99.2 Å². The first kappa shape index (κ1) is 30.5. The van der Waals surface area contributed by atoms with E-state index in [2.05, 4.69) is 30.6 Å². The number of nitrogens with zero attached hydrogens (tertiary/aromatic N) is 6. The molecule has 4 rings (SSSR count). The largest absolute Gasteiger partial charge is 0.416 e. The van der Waals surface area contributed by atoms with Crippen LogP contribution in [0.15, 0.2) is 67.4 Å². The molecule has 42 heavy (non-hydrogen) atoms. The molecule has 0 saturated carbocycles. The molecule has 2 aromatic carbocycles. The summed E-state index contributed by atoms with van der Waals surface area (Å²) in [5.74, 6) is -0.245. The molecule has 0 aliphatic rings. The second kappa shape index (κ2) is 13.5. The third-order valence-corrected chi connectivity index (χ3v) is 6.52. The molecule has 0 unspecified atom stereocenters. The Bertz CT molecular complexity index is 1510. The lowest BCUT2D eigenvalue weighted by molar-refractivity contribution is -0.138. The van der Waals surface area contributed by atoms with Gasteiger partial charge in [-0.25, -0.2) is 19.9 Å². The van der Waals surface area contributed by atoms with Crippen LogP contribution in [-0.4, -0.2) is 69.9 Å². The number of rotatable bonds is 11. The average molecular weight is 579 g/mol. The zero-order valence-electron chi connectivity index (χ0n) is 23.9. The second-order valence-corrected chi connectivity index (χ2v) is 10.3. The minimum Gasteiger partial charge on any atom is -0.324 e. The number of nitrogens with one attached hydrogen (secondary N) is 2. The lowest BCUT2D eigenvalue weighted by Gasteiger charge is -2.21. The van der Waals surface area contributed by atoms with Crippen LogP contribution >= 0.6 is 0 Å². The van der Waals surface area contributed by atoms with E-state index < -0.39 is 17.6 Å². The summed E-state index contributed by atoms with van der Waals surface area (Å²) in [4.78, 5) is 33.7. The molecule has 1 amide bonds. The van der Waals surface area contributed by atoms with Crippen molar-refractivity contribution in [1.29, 1.82) is 0 Å². The Balaban J connectivity index is 1.49. The summed E-state index contributed by atoms with van der Waals surface area (Å²) < 4.78 is 41.9. The number of hydrogen-bond acceptors (Lipinski definition) is 8. The minimum atomic E-state index is -4.57. The summed E-state index contributed by atoms with van der Waals surface area (Å²) >= 11 is 0. The summed E-state index contributed by atoms with van der Waals surface area (Å²) in [6.45, 7) is 3.50. The van der Waals surface area contributed by atoms with E-state index in [1.807, 2.05) is 30.8 Å². The number of carbonyl (C=O) groups is 1. The second-order valence-electron chi connectivity index (χ2n) is 10.3. The molecule has 2 N–H and O–H groups in total. The highest BCUT2D eigenvalue weighted by Crippen LogP contribution is 2.34. The number of aryl methyl sites for hydroxylation is 1. The number of hydrogen-bond donors (Lipinski definition) is 2. The van der Waals surface area contributed by atoms with Crippen LogP contribution in [0.25, 0.3) is 11.3 Å². The number of aromatic nitrogens is 4. The number of alkyl halides is 3. The van der Waals surface area contributed by atoms with Gasteiger partial charge in [0, 0.05) is 47.6 Å². The van der Waals surface area contributed by atoms with Crippen molar-refractivity contribution in [2.45, 2.75) is 26.1 Å². The molecule has 4 aromatic rings. The summed E-state index contributed by atoms with van der Waals surface area (Å²) in [6.07, 6.45) is 2.56. The van der Waals surface area contributed by atoms with E-state index in [1.165, 1.54) is 18.5 Å². The Kier molecular flexibility index (Phi) is 9.81. The molecule has 0 aliphatic heterocycles. The first-order valence-corrected chi connectivity index (χ1v) is 13.3. The van der Waals surface area contributed by atoms with Crippen molar-refractivity contribution in [1.82, 2.24) is 29.7 Å². The standard InChI is InChI=1S/C30H33F3N8O/c1-20-6-7-21(14-27(20)39-29-36-11-10-26(38-29)23-16-34-19-35-17-23)28(42)37-24-9-8-22(25(15-24)30(31,32)33)18-41(4)13-5-12-40(2)3/h6-11,14-17,19H,5,12-13,18H2,1-4H3,(H,37,42)(H,36,38,39). The quantitative estimate of drug-likeness (QED) is 0.236. The van der Waals surface area contributed by atoms with E-state index in [0.29, 0.717) is 29.4 Å². The molecule has 0 saturated heterocycles. The summed E-state index contributed by atoms with van der Waals surface area (Å²) in [5.41, 5.74) is 2.42. The van der Waals surface area contributed by atoms with Gasteiger partial charge in [0.15, 0.2) is 0 Å². The van der Waals surface area contributed by atoms with Gasteiger partial charge in [-0.1, -0.05) is 12.1 Å². The molecule has 0 fully saturated rings. The maximum absolute atomic E-state index is 14.0. The van der Waals surface area contributed by atoms with Crippen molar-refractivity contribution in [3.63, 3.8) is 0 Å². The predicted molar refractivity (Wildman–Crippen MR) is 156 cm³/mol. The highest BCUT2D eigenvalue weighted by molar-refractivity contribution is 6.05. The van der Waals surface area contributed by atoms with Crippen LogP contribution in [0, 0.1) is 6.92 Å². The van der Waals surface area contributed by atoms with Gasteiger partial charge in [-0.15, -0.1) is 0 Å². The third-order valence-electron chi connectivity index (χ3n) is 6.52. The molecule has 9 nitrogen and oxygen atoms in total. The Morgan fingerprint density at radius 1 is 0.976 bits per heavy atom. The Morgan fingerprint density at radius 3 is 2.45 bits per heavy atom. The van der Waals surface area contributed by atoms with Crippen molar-refractivity contribution in [2.75, 3.05) is 44.9 Å². The van der Waals surface area contributed by atoms with Gasteiger partial charge in [0.2, 0.25) is 5.95 Å². The number of amides is 1. The van der Waals surface area contributed by atoms with Gasteiger partial charge in [-0.2, -0.15) is 13.2 Å². The molecule has 2 heterocycles. The van der Waals surface area contributed by atoms with E-state index in [1.54, 1.807) is 49.9 Å². The van der Waals surface area contributed by atoms with Crippen molar-refractivity contribution < 1.29 is 18.0 Å². The van der Waals surface area contributed by atoms with Gasteiger partial charge < -0.3 is 20.4 Å². The average Bonchev–Trinajstić information content (AvgIpc) is 2.95. The van der Waals surface area contributed by atoms with Gasteiger partial charge in [-0.05, 0) is 89.0 Å². The zero-order valence-corrected chi connectivity index (χ0v) is 23.9. The van der Waals surface area contributed by atoms with Crippen molar-refractivity contribution >= 4 is 23.2 Å². The van der Waals surface area contributed by atoms with Gasteiger partial charge in [0.05, 0.1) is 11.3 Å². The summed E-state index contributed by atoms with van der Waals surface area (Å²) in [7, 11) is 5.71. The number of benzene rings is 2. The van der Waals surface area contributed by atoms with Crippen LogP contribution in [0.3, 0.4) is 0 Å². The highest BCUT2D eigenvalue weighted by Gasteiger charge is 2.34. The van der Waals surface area contributed by atoms with E-state index in [0.717, 1.165) is 24.6 Å². The first-order valence-electron chi connectivity index (χ1n) is 13.3. The van der Waals surface area contributed by atoms with E-state index in [4.69, 9.17) is 0 Å². The van der Waals surface area contributed by atoms with Gasteiger partial charge in [0.25, 0.3) is 5.91 Å².